The summed E-state index contributed by atoms with van der Waals surface area (Å²) in [7, 11) is 0. The van der Waals surface area contributed by atoms with Crippen molar-refractivity contribution in [3.8, 4) is 22.3 Å². The van der Waals surface area contributed by atoms with Crippen LogP contribution in [0.25, 0.3) is 51.0 Å². The van der Waals surface area contributed by atoms with Gasteiger partial charge in [0.25, 0.3) is 0 Å². The zero-order valence-corrected chi connectivity index (χ0v) is 35.4. The van der Waals surface area contributed by atoms with Crippen molar-refractivity contribution in [2.24, 2.45) is 5.92 Å². The number of hydrogen-bond acceptors (Lipinski definition) is 2. The minimum Gasteiger partial charge on any atom is -0.334 e. The first-order valence-electron chi connectivity index (χ1n) is 22.5. The quantitative estimate of drug-likeness (QED) is 0.144. The van der Waals surface area contributed by atoms with Crippen LogP contribution in [0.3, 0.4) is 0 Å². The molecule has 6 aromatic carbocycles. The summed E-state index contributed by atoms with van der Waals surface area (Å²) < 4.78 is 2.56. The molecule has 7 aromatic rings. The van der Waals surface area contributed by atoms with Gasteiger partial charge in [0.15, 0.2) is 0 Å². The van der Waals surface area contributed by atoms with E-state index in [-0.39, 0.29) is 6.04 Å². The zero-order chi connectivity index (χ0) is 41.4. The summed E-state index contributed by atoms with van der Waals surface area (Å²) >= 11 is 0. The maximum absolute atomic E-state index is 2.56. The van der Waals surface area contributed by atoms with Crippen LogP contribution in [-0.4, -0.2) is 10.6 Å². The van der Waals surface area contributed by atoms with Crippen LogP contribution in [0.2, 0.25) is 0 Å². The molecule has 0 radical (unpaired) electrons. The van der Waals surface area contributed by atoms with Crippen molar-refractivity contribution in [2.45, 2.75) is 51.5 Å². The molecule has 0 amide bonds. The molecule has 3 nitrogen and oxygen atoms in total. The number of nitrogens with zero attached hydrogens (tertiary/aromatic N) is 3. The SMILES string of the molecule is CC1C=Cc2c(c3ccc(-c4ccc(-c5cc(N(c6ccccc6)c6ccccc6)cc(N(c6ccccc6)C6C=CC=CC6)c5)c5c4C=CCC5)cc3n2C2=CC=CCC2)C1. The van der Waals surface area contributed by atoms with Crippen molar-refractivity contribution in [1.82, 2.24) is 4.57 Å². The van der Waals surface area contributed by atoms with Crippen LogP contribution in [0.4, 0.5) is 28.4 Å². The third-order valence-corrected chi connectivity index (χ3v) is 13.1. The molecule has 2 unspecified atom stereocenters. The molecular formula is C59H51N3. The Labute approximate surface area is 366 Å². The molecule has 0 fully saturated rings. The van der Waals surface area contributed by atoms with Crippen LogP contribution in [0, 0.1) is 5.92 Å². The standard InChI is InChI=1S/C59H51N3/c1-42-31-36-58-57(37-42)56-33-32-43(40-59(56)62(58)49-27-15-6-16-28-49)52-34-35-53(55-30-18-17-29-54(52)55)44-38-50(60(45-19-7-2-8-20-45)46-21-9-3-10-22-46)41-51(39-44)61(47-23-11-4-12-24-47)48-25-13-5-14-26-48/h2-15,17,19-25,27,29,31-36,38-42,48H,16,18,26,28,30,37H2,1H3. The minimum absolute atomic E-state index is 0.172. The predicted molar refractivity (Wildman–Crippen MR) is 265 cm³/mol. The van der Waals surface area contributed by atoms with Crippen molar-refractivity contribution in [3.63, 3.8) is 0 Å². The molecule has 62 heavy (non-hydrogen) atoms. The van der Waals surface area contributed by atoms with Crippen LogP contribution in [0.1, 0.15) is 55.0 Å². The molecule has 302 valence electrons. The molecule has 0 N–H and O–H groups in total. The monoisotopic (exact) mass is 801 g/mol. The van der Waals surface area contributed by atoms with E-state index in [0.29, 0.717) is 5.92 Å². The number of fused-ring (bicyclic) bond motifs is 4. The molecular weight excluding hydrogens is 751 g/mol. The van der Waals surface area contributed by atoms with E-state index in [1.165, 1.54) is 72.6 Å². The van der Waals surface area contributed by atoms with E-state index in [0.717, 1.165) is 55.6 Å². The zero-order valence-electron chi connectivity index (χ0n) is 35.4. The Morgan fingerprint density at radius 1 is 0.548 bits per heavy atom. The van der Waals surface area contributed by atoms with Gasteiger partial charge in [0.05, 0.1) is 11.6 Å². The van der Waals surface area contributed by atoms with Crippen molar-refractivity contribution >= 4 is 57.2 Å². The van der Waals surface area contributed by atoms with Crippen molar-refractivity contribution in [1.29, 1.82) is 0 Å². The van der Waals surface area contributed by atoms with E-state index in [1.807, 2.05) is 0 Å². The first kappa shape index (κ1) is 37.9. The third kappa shape index (κ3) is 6.98. The maximum Gasteiger partial charge on any atom is 0.0559 e. The Bertz CT molecular complexity index is 2940. The first-order chi connectivity index (χ1) is 30.7. The summed E-state index contributed by atoms with van der Waals surface area (Å²) in [5, 5.41) is 1.38. The molecule has 4 aliphatic carbocycles. The van der Waals surface area contributed by atoms with Crippen LogP contribution in [0.15, 0.2) is 194 Å². The molecule has 0 spiro atoms. The molecule has 0 aliphatic heterocycles. The van der Waals surface area contributed by atoms with Gasteiger partial charge in [-0.2, -0.15) is 0 Å². The van der Waals surface area contributed by atoms with Gasteiger partial charge in [-0.15, -0.1) is 0 Å². The lowest BCUT2D eigenvalue weighted by molar-refractivity contribution is 0.717. The average Bonchev–Trinajstić information content (AvgIpc) is 3.65. The van der Waals surface area contributed by atoms with Crippen molar-refractivity contribution < 1.29 is 0 Å². The van der Waals surface area contributed by atoms with Gasteiger partial charge in [-0.3, -0.25) is 0 Å². The normalized spacial score (nSPS) is 17.5. The maximum atomic E-state index is 2.56. The smallest absolute Gasteiger partial charge is 0.0559 e. The fourth-order valence-electron chi connectivity index (χ4n) is 10.2. The Kier molecular flexibility index (Phi) is 10.0. The summed E-state index contributed by atoms with van der Waals surface area (Å²) in [4.78, 5) is 4.93. The number of benzene rings is 6. The van der Waals surface area contributed by atoms with Crippen LogP contribution in [0.5, 0.6) is 0 Å². The van der Waals surface area contributed by atoms with Gasteiger partial charge in [0.1, 0.15) is 0 Å². The third-order valence-electron chi connectivity index (χ3n) is 13.1. The number of anilines is 5. The second kappa shape index (κ2) is 16.4. The van der Waals surface area contributed by atoms with Gasteiger partial charge < -0.3 is 14.4 Å². The summed E-state index contributed by atoms with van der Waals surface area (Å²) in [5.74, 6) is 0.536. The summed E-state index contributed by atoms with van der Waals surface area (Å²) in [5.41, 5.74) is 19.1. The highest BCUT2D eigenvalue weighted by atomic mass is 15.2. The van der Waals surface area contributed by atoms with Crippen LogP contribution < -0.4 is 9.80 Å². The van der Waals surface area contributed by atoms with Crippen LogP contribution in [-0.2, 0) is 12.8 Å². The van der Waals surface area contributed by atoms with E-state index < -0.39 is 0 Å². The van der Waals surface area contributed by atoms with Gasteiger partial charge in [-0.05, 0) is 156 Å². The lowest BCUT2D eigenvalue weighted by atomic mass is 9.84. The molecule has 3 heteroatoms. The van der Waals surface area contributed by atoms with Crippen molar-refractivity contribution in [3.05, 3.63) is 217 Å². The molecule has 4 aliphatic rings. The minimum atomic E-state index is 0.172. The number of aromatic nitrogens is 1. The van der Waals surface area contributed by atoms with E-state index in [9.17, 15) is 0 Å². The lowest BCUT2D eigenvalue weighted by Gasteiger charge is -2.34. The molecule has 1 heterocycles. The fraction of sp³-hybridized carbons (Fsp3) is 0.153. The molecule has 11 rings (SSSR count). The lowest BCUT2D eigenvalue weighted by Crippen LogP contribution is -2.30. The predicted octanol–water partition coefficient (Wildman–Crippen LogP) is 15.8. The number of para-hydroxylation sites is 3. The number of allylic oxidation sites excluding steroid dienone is 8. The topological polar surface area (TPSA) is 11.4 Å². The second-order valence-electron chi connectivity index (χ2n) is 17.2. The number of hydrogen-bond donors (Lipinski definition) is 0. The summed E-state index contributed by atoms with van der Waals surface area (Å²) in [6.07, 6.45) is 31.5. The second-order valence-corrected chi connectivity index (χ2v) is 17.2. The highest BCUT2D eigenvalue weighted by Gasteiger charge is 2.26. The largest absolute Gasteiger partial charge is 0.334 e. The highest BCUT2D eigenvalue weighted by molar-refractivity contribution is 5.97. The summed E-state index contributed by atoms with van der Waals surface area (Å²) in [6, 6.07) is 52.0. The first-order valence-corrected chi connectivity index (χ1v) is 22.5. The van der Waals surface area contributed by atoms with Gasteiger partial charge >= 0.3 is 0 Å². The Morgan fingerprint density at radius 2 is 1.27 bits per heavy atom. The Hall–Kier alpha value is -7.10. The molecule has 1 aromatic heterocycles. The molecule has 0 saturated carbocycles. The average molecular weight is 802 g/mol. The summed E-state index contributed by atoms with van der Waals surface area (Å²) in [6.45, 7) is 2.34. The van der Waals surface area contributed by atoms with E-state index in [1.54, 1.807) is 0 Å². The van der Waals surface area contributed by atoms with Gasteiger partial charge in [0, 0.05) is 45.2 Å². The van der Waals surface area contributed by atoms with E-state index in [4.69, 9.17) is 0 Å². The van der Waals surface area contributed by atoms with Crippen LogP contribution >= 0.6 is 0 Å². The molecule has 2 atom stereocenters. The van der Waals surface area contributed by atoms with E-state index in [2.05, 4.69) is 228 Å². The molecule has 0 bridgehead atoms. The molecule has 0 saturated heterocycles. The van der Waals surface area contributed by atoms with Gasteiger partial charge in [-0.25, -0.2) is 0 Å². The van der Waals surface area contributed by atoms with Gasteiger partial charge in [-0.1, -0.05) is 140 Å². The number of rotatable bonds is 9. The Morgan fingerprint density at radius 3 is 2.00 bits per heavy atom. The highest BCUT2D eigenvalue weighted by Crippen LogP contribution is 2.46. The van der Waals surface area contributed by atoms with E-state index >= 15 is 0 Å². The van der Waals surface area contributed by atoms with Crippen molar-refractivity contribution in [2.75, 3.05) is 9.80 Å². The van der Waals surface area contributed by atoms with Gasteiger partial charge in [0.2, 0.25) is 0 Å². The Balaban J connectivity index is 1.11. The fourth-order valence-corrected chi connectivity index (χ4v) is 10.2.